The summed E-state index contributed by atoms with van der Waals surface area (Å²) in [6, 6.07) is 59.3. The first-order valence-electron chi connectivity index (χ1n) is 17.3. The van der Waals surface area contributed by atoms with E-state index >= 15 is 0 Å². The fourth-order valence-corrected chi connectivity index (χ4v) is 7.77. The fourth-order valence-electron chi connectivity index (χ4n) is 7.77. The van der Waals surface area contributed by atoms with Crippen molar-refractivity contribution in [2.24, 2.45) is 0 Å². The number of benzene rings is 7. The van der Waals surface area contributed by atoms with Crippen LogP contribution in [0.1, 0.15) is 23.6 Å². The van der Waals surface area contributed by atoms with E-state index in [0.717, 1.165) is 49.8 Å². The van der Waals surface area contributed by atoms with Gasteiger partial charge in [0.05, 0.1) is 0 Å². The third-order valence-electron chi connectivity index (χ3n) is 10.4. The maximum atomic E-state index is 6.55. The first-order chi connectivity index (χ1) is 25.1. The van der Waals surface area contributed by atoms with Crippen molar-refractivity contribution in [1.82, 2.24) is 15.0 Å². The van der Waals surface area contributed by atoms with Gasteiger partial charge in [-0.25, -0.2) is 15.0 Å². The van der Waals surface area contributed by atoms with Gasteiger partial charge in [0.1, 0.15) is 11.2 Å². The number of aromatic nitrogens is 3. The molecule has 0 radical (unpaired) electrons. The minimum atomic E-state index is -0.268. The Hall–Kier alpha value is -6.65. The Kier molecular flexibility index (Phi) is 6.58. The Morgan fingerprint density at radius 2 is 0.902 bits per heavy atom. The van der Waals surface area contributed by atoms with E-state index in [4.69, 9.17) is 19.4 Å². The predicted octanol–water partition coefficient (Wildman–Crippen LogP) is 11.8. The topological polar surface area (TPSA) is 51.8 Å². The molecule has 4 nitrogen and oxygen atoms in total. The van der Waals surface area contributed by atoms with Gasteiger partial charge in [0.2, 0.25) is 0 Å². The molecule has 7 aromatic carbocycles. The van der Waals surface area contributed by atoms with Crippen LogP contribution in [0.5, 0.6) is 0 Å². The first-order valence-corrected chi connectivity index (χ1v) is 17.3. The maximum Gasteiger partial charge on any atom is 0.164 e. The van der Waals surface area contributed by atoms with Gasteiger partial charge < -0.3 is 4.42 Å². The van der Waals surface area contributed by atoms with Crippen LogP contribution in [-0.4, -0.2) is 15.0 Å². The quantitative estimate of drug-likeness (QED) is 0.185. The summed E-state index contributed by atoms with van der Waals surface area (Å²) >= 11 is 0. The lowest BCUT2D eigenvalue weighted by molar-refractivity contribution is 0.663. The molecule has 9 aromatic rings. The number of nitrogens with zero attached hydrogens (tertiary/aromatic N) is 3. The van der Waals surface area contributed by atoms with Gasteiger partial charge in [-0.3, -0.25) is 0 Å². The van der Waals surface area contributed by atoms with Crippen LogP contribution >= 0.6 is 0 Å². The lowest BCUT2D eigenvalue weighted by atomic mass is 9.74. The van der Waals surface area contributed by atoms with Crippen molar-refractivity contribution >= 4 is 21.9 Å². The number of hydrogen-bond acceptors (Lipinski definition) is 4. The number of rotatable bonds is 5. The molecule has 1 aliphatic carbocycles. The molecule has 0 N–H and O–H groups in total. The molecule has 10 rings (SSSR count). The summed E-state index contributed by atoms with van der Waals surface area (Å²) < 4.78 is 6.55. The average molecular weight is 654 g/mol. The van der Waals surface area contributed by atoms with Crippen molar-refractivity contribution in [3.8, 4) is 56.4 Å². The highest BCUT2D eigenvalue weighted by Gasteiger charge is 2.41. The third-order valence-corrected chi connectivity index (χ3v) is 10.4. The lowest BCUT2D eigenvalue weighted by Crippen LogP contribution is -2.22. The standard InChI is InChI=1S/C47H31N3O/c1-47(35-17-9-4-10-18-35)40-20-12-11-19-36(40)37-28-39-38-27-34(25-26-42(38)51-43(39)29-41(37)47)30-21-23-33(24-22-30)46-49-44(31-13-5-2-6-14-31)48-45(50-46)32-15-7-3-8-16-32/h2-29H,1H3. The minimum Gasteiger partial charge on any atom is -0.456 e. The molecule has 0 saturated carbocycles. The average Bonchev–Trinajstić information content (AvgIpc) is 3.69. The zero-order valence-electron chi connectivity index (χ0n) is 27.9. The normalized spacial score (nSPS) is 14.8. The van der Waals surface area contributed by atoms with Crippen molar-refractivity contribution in [3.05, 3.63) is 187 Å². The van der Waals surface area contributed by atoms with Gasteiger partial charge in [0.25, 0.3) is 0 Å². The molecular formula is C47H31N3O. The predicted molar refractivity (Wildman–Crippen MR) is 206 cm³/mol. The molecule has 0 aliphatic heterocycles. The third kappa shape index (κ3) is 4.72. The van der Waals surface area contributed by atoms with E-state index in [1.165, 1.54) is 27.8 Å². The van der Waals surface area contributed by atoms with E-state index in [-0.39, 0.29) is 5.41 Å². The monoisotopic (exact) mass is 653 g/mol. The SMILES string of the molecule is CC1(c2ccccc2)c2ccccc2-c2cc3c(cc21)oc1ccc(-c2ccc(-c4nc(-c5ccccc5)nc(-c5ccccc5)n4)cc2)cc13. The summed E-state index contributed by atoms with van der Waals surface area (Å²) in [5.74, 6) is 1.94. The fraction of sp³-hybridized carbons (Fsp3) is 0.0426. The number of hydrogen-bond donors (Lipinski definition) is 0. The highest BCUT2D eigenvalue weighted by atomic mass is 16.3. The molecular weight excluding hydrogens is 623 g/mol. The van der Waals surface area contributed by atoms with Gasteiger partial charge in [-0.05, 0) is 70.1 Å². The summed E-state index contributed by atoms with van der Waals surface area (Å²) in [7, 11) is 0. The summed E-state index contributed by atoms with van der Waals surface area (Å²) in [4.78, 5) is 14.7. The van der Waals surface area contributed by atoms with Crippen molar-refractivity contribution in [3.63, 3.8) is 0 Å². The smallest absolute Gasteiger partial charge is 0.164 e. The van der Waals surface area contributed by atoms with Crippen LogP contribution in [0.2, 0.25) is 0 Å². The molecule has 1 aliphatic rings. The van der Waals surface area contributed by atoms with E-state index < -0.39 is 0 Å². The van der Waals surface area contributed by atoms with Crippen molar-refractivity contribution in [2.45, 2.75) is 12.3 Å². The summed E-state index contributed by atoms with van der Waals surface area (Å²) in [6.07, 6.45) is 0. The van der Waals surface area contributed by atoms with Crippen LogP contribution in [-0.2, 0) is 5.41 Å². The molecule has 240 valence electrons. The molecule has 0 bridgehead atoms. The molecule has 0 amide bonds. The number of furan rings is 1. The van der Waals surface area contributed by atoms with Gasteiger partial charge in [-0.1, -0.05) is 146 Å². The van der Waals surface area contributed by atoms with Gasteiger partial charge in [0, 0.05) is 32.9 Å². The second kappa shape index (κ2) is 11.5. The second-order valence-corrected chi connectivity index (χ2v) is 13.4. The van der Waals surface area contributed by atoms with Crippen molar-refractivity contribution in [1.29, 1.82) is 0 Å². The van der Waals surface area contributed by atoms with Crippen LogP contribution in [0.4, 0.5) is 0 Å². The van der Waals surface area contributed by atoms with Gasteiger partial charge in [-0.2, -0.15) is 0 Å². The van der Waals surface area contributed by atoms with Crippen molar-refractivity contribution < 1.29 is 4.42 Å². The molecule has 0 fully saturated rings. The maximum absolute atomic E-state index is 6.55. The Balaban J connectivity index is 1.05. The Labute approximate surface area is 295 Å². The van der Waals surface area contributed by atoms with E-state index in [2.05, 4.69) is 116 Å². The van der Waals surface area contributed by atoms with Gasteiger partial charge in [-0.15, -0.1) is 0 Å². The molecule has 2 heterocycles. The molecule has 1 atom stereocenters. The van der Waals surface area contributed by atoms with Crippen LogP contribution in [0.3, 0.4) is 0 Å². The van der Waals surface area contributed by atoms with Gasteiger partial charge >= 0.3 is 0 Å². The van der Waals surface area contributed by atoms with Crippen LogP contribution in [0.15, 0.2) is 174 Å². The van der Waals surface area contributed by atoms with E-state index in [1.54, 1.807) is 0 Å². The summed E-state index contributed by atoms with van der Waals surface area (Å²) in [5, 5.41) is 2.24. The molecule has 2 aromatic heterocycles. The number of fused-ring (bicyclic) bond motifs is 6. The molecule has 4 heteroatoms. The molecule has 0 spiro atoms. The van der Waals surface area contributed by atoms with Crippen molar-refractivity contribution in [2.75, 3.05) is 0 Å². The summed E-state index contributed by atoms with van der Waals surface area (Å²) in [5.41, 5.74) is 13.0. The Bertz CT molecular complexity index is 2680. The van der Waals surface area contributed by atoms with E-state index in [9.17, 15) is 0 Å². The zero-order chi connectivity index (χ0) is 33.9. The molecule has 0 saturated heterocycles. The van der Waals surface area contributed by atoms with Gasteiger partial charge in [0.15, 0.2) is 17.5 Å². The lowest BCUT2D eigenvalue weighted by Gasteiger charge is -2.28. The highest BCUT2D eigenvalue weighted by Crippen LogP contribution is 2.54. The van der Waals surface area contributed by atoms with E-state index in [0.29, 0.717) is 17.5 Å². The van der Waals surface area contributed by atoms with E-state index in [1.807, 2.05) is 60.7 Å². The largest absolute Gasteiger partial charge is 0.456 e. The highest BCUT2D eigenvalue weighted by molar-refractivity contribution is 6.09. The Morgan fingerprint density at radius 1 is 0.392 bits per heavy atom. The van der Waals surface area contributed by atoms with Crippen LogP contribution in [0.25, 0.3) is 78.4 Å². The van der Waals surface area contributed by atoms with Crippen LogP contribution in [0, 0.1) is 0 Å². The second-order valence-electron chi connectivity index (χ2n) is 13.4. The summed E-state index contributed by atoms with van der Waals surface area (Å²) in [6.45, 7) is 2.34. The zero-order valence-corrected chi connectivity index (χ0v) is 27.9. The Morgan fingerprint density at radius 3 is 1.55 bits per heavy atom. The molecule has 51 heavy (non-hydrogen) atoms. The molecule has 1 unspecified atom stereocenters. The van der Waals surface area contributed by atoms with Crippen LogP contribution < -0.4 is 0 Å². The first kappa shape index (κ1) is 29.3. The minimum absolute atomic E-state index is 0.268.